The predicted octanol–water partition coefficient (Wildman–Crippen LogP) is 2.21. The summed E-state index contributed by atoms with van der Waals surface area (Å²) in [5, 5.41) is 0. The Kier molecular flexibility index (Phi) is 4.45. The molecule has 1 saturated heterocycles. The molecule has 0 atom stereocenters. The van der Waals surface area contributed by atoms with E-state index in [0.29, 0.717) is 12.5 Å². The van der Waals surface area contributed by atoms with Crippen LogP contribution in [0.25, 0.3) is 11.3 Å². The molecule has 3 rings (SSSR count). The Balaban J connectivity index is 1.72. The van der Waals surface area contributed by atoms with Crippen LogP contribution in [0.3, 0.4) is 0 Å². The summed E-state index contributed by atoms with van der Waals surface area (Å²) in [5.41, 5.74) is 7.88. The summed E-state index contributed by atoms with van der Waals surface area (Å²) in [6, 6.07) is 9.93. The average Bonchev–Trinajstić information content (AvgIpc) is 3.03. The molecule has 110 valence electrons. The third-order valence-electron chi connectivity index (χ3n) is 3.40. The Hall–Kier alpha value is -1.95. The van der Waals surface area contributed by atoms with Crippen LogP contribution in [-0.4, -0.2) is 40.4 Å². The number of nitrogens with two attached hydrogens (primary N) is 1. The minimum atomic E-state index is 0.441. The monoisotopic (exact) mass is 302 g/mol. The van der Waals surface area contributed by atoms with Gasteiger partial charge in [0, 0.05) is 30.2 Å². The van der Waals surface area contributed by atoms with E-state index in [1.807, 2.05) is 42.1 Å². The lowest BCUT2D eigenvalue weighted by atomic mass is 10.1. The van der Waals surface area contributed by atoms with E-state index in [4.69, 9.17) is 10.2 Å². The maximum Gasteiger partial charge on any atom is 0.191 e. The fraction of sp³-hybridized carbons (Fsp3) is 0.333. The summed E-state index contributed by atoms with van der Waals surface area (Å²) in [6.45, 7) is 2.37. The van der Waals surface area contributed by atoms with Crippen molar-refractivity contribution in [3.05, 3.63) is 42.4 Å². The molecule has 1 aromatic heterocycles. The zero-order chi connectivity index (χ0) is 14.5. The van der Waals surface area contributed by atoms with Gasteiger partial charge in [0.2, 0.25) is 0 Å². The fourth-order valence-electron chi connectivity index (χ4n) is 2.25. The highest BCUT2D eigenvalue weighted by Crippen LogP contribution is 2.23. The van der Waals surface area contributed by atoms with Gasteiger partial charge in [-0.15, -0.1) is 0 Å². The van der Waals surface area contributed by atoms with E-state index >= 15 is 0 Å². The van der Waals surface area contributed by atoms with E-state index in [2.05, 4.69) is 14.9 Å². The number of hydrogen-bond acceptors (Lipinski definition) is 4. The molecule has 0 spiro atoms. The number of oxazole rings is 1. The third kappa shape index (κ3) is 3.39. The van der Waals surface area contributed by atoms with Crippen LogP contribution in [0.2, 0.25) is 0 Å². The van der Waals surface area contributed by atoms with Crippen LogP contribution in [0.1, 0.15) is 5.69 Å². The van der Waals surface area contributed by atoms with Crippen LogP contribution < -0.4 is 5.73 Å². The molecule has 5 nitrogen and oxygen atoms in total. The van der Waals surface area contributed by atoms with E-state index in [-0.39, 0.29) is 0 Å². The molecular weight excluding hydrogens is 284 g/mol. The predicted molar refractivity (Wildman–Crippen MR) is 86.2 cm³/mol. The van der Waals surface area contributed by atoms with Crippen LogP contribution in [0.4, 0.5) is 0 Å². The standard InChI is InChI=1S/C15H18N4OS/c16-15(19-6-8-21-9-7-19)17-10-13-14(20-11-18-13)12-4-2-1-3-5-12/h1-5,11H,6-10H2,(H2,16,17). The first kappa shape index (κ1) is 14.0. The highest BCUT2D eigenvalue weighted by atomic mass is 32.2. The van der Waals surface area contributed by atoms with Gasteiger partial charge in [-0.1, -0.05) is 30.3 Å². The van der Waals surface area contributed by atoms with E-state index in [1.165, 1.54) is 6.39 Å². The molecule has 1 fully saturated rings. The maximum absolute atomic E-state index is 6.06. The van der Waals surface area contributed by atoms with Crippen molar-refractivity contribution in [1.82, 2.24) is 9.88 Å². The number of nitrogens with zero attached hydrogens (tertiary/aromatic N) is 3. The van der Waals surface area contributed by atoms with Crippen LogP contribution >= 0.6 is 11.8 Å². The first-order chi connectivity index (χ1) is 10.3. The van der Waals surface area contributed by atoms with Gasteiger partial charge in [0.05, 0.1) is 6.54 Å². The summed E-state index contributed by atoms with van der Waals surface area (Å²) in [4.78, 5) is 10.8. The second kappa shape index (κ2) is 6.67. The molecule has 2 heterocycles. The fourth-order valence-corrected chi connectivity index (χ4v) is 3.16. The van der Waals surface area contributed by atoms with Gasteiger partial charge in [0.25, 0.3) is 0 Å². The van der Waals surface area contributed by atoms with Crippen molar-refractivity contribution in [3.8, 4) is 11.3 Å². The molecule has 1 aromatic carbocycles. The minimum absolute atomic E-state index is 0.441. The van der Waals surface area contributed by atoms with Gasteiger partial charge in [-0.05, 0) is 0 Å². The number of hydrogen-bond donors (Lipinski definition) is 1. The van der Waals surface area contributed by atoms with Crippen molar-refractivity contribution >= 4 is 17.7 Å². The lowest BCUT2D eigenvalue weighted by Gasteiger charge is -2.27. The van der Waals surface area contributed by atoms with Crippen molar-refractivity contribution < 1.29 is 4.42 Å². The molecule has 0 aliphatic carbocycles. The number of rotatable bonds is 3. The number of aliphatic imine (C=N–C) groups is 1. The normalized spacial score (nSPS) is 16.2. The summed E-state index contributed by atoms with van der Waals surface area (Å²) in [7, 11) is 0. The largest absolute Gasteiger partial charge is 0.443 e. The van der Waals surface area contributed by atoms with Gasteiger partial charge >= 0.3 is 0 Å². The quantitative estimate of drug-likeness (QED) is 0.695. The van der Waals surface area contributed by atoms with Crippen LogP contribution in [-0.2, 0) is 6.54 Å². The van der Waals surface area contributed by atoms with Gasteiger partial charge < -0.3 is 15.1 Å². The van der Waals surface area contributed by atoms with Gasteiger partial charge in [0.15, 0.2) is 18.1 Å². The third-order valence-corrected chi connectivity index (χ3v) is 4.35. The number of benzene rings is 1. The topological polar surface area (TPSA) is 67.6 Å². The lowest BCUT2D eigenvalue weighted by molar-refractivity contribution is 0.455. The number of aromatic nitrogens is 1. The molecule has 21 heavy (non-hydrogen) atoms. The van der Waals surface area contributed by atoms with Crippen molar-refractivity contribution in [3.63, 3.8) is 0 Å². The Labute approximate surface area is 128 Å². The summed E-state index contributed by atoms with van der Waals surface area (Å²) in [6.07, 6.45) is 1.46. The SMILES string of the molecule is NC(=NCc1ncoc1-c1ccccc1)N1CCSCC1. The van der Waals surface area contributed by atoms with E-state index < -0.39 is 0 Å². The zero-order valence-electron chi connectivity index (χ0n) is 11.7. The van der Waals surface area contributed by atoms with E-state index in [9.17, 15) is 0 Å². The van der Waals surface area contributed by atoms with Gasteiger partial charge in [-0.25, -0.2) is 9.98 Å². The molecule has 1 aliphatic heterocycles. The van der Waals surface area contributed by atoms with Crippen LogP contribution in [0.15, 0.2) is 46.1 Å². The molecule has 0 amide bonds. The minimum Gasteiger partial charge on any atom is -0.443 e. The number of thioether (sulfide) groups is 1. The average molecular weight is 302 g/mol. The zero-order valence-corrected chi connectivity index (χ0v) is 12.6. The van der Waals surface area contributed by atoms with Crippen molar-refractivity contribution in [1.29, 1.82) is 0 Å². The van der Waals surface area contributed by atoms with Crippen LogP contribution in [0.5, 0.6) is 0 Å². The second-order valence-electron chi connectivity index (χ2n) is 4.77. The first-order valence-corrected chi connectivity index (χ1v) is 8.10. The molecular formula is C15H18N4OS. The summed E-state index contributed by atoms with van der Waals surface area (Å²) >= 11 is 1.95. The van der Waals surface area contributed by atoms with E-state index in [1.54, 1.807) is 0 Å². The Morgan fingerprint density at radius 1 is 1.29 bits per heavy atom. The molecule has 6 heteroatoms. The van der Waals surface area contributed by atoms with Gasteiger partial charge in [-0.3, -0.25) is 0 Å². The van der Waals surface area contributed by atoms with Gasteiger partial charge in [-0.2, -0.15) is 11.8 Å². The molecule has 0 unspecified atom stereocenters. The number of guanidine groups is 1. The van der Waals surface area contributed by atoms with Crippen molar-refractivity contribution in [2.45, 2.75) is 6.54 Å². The Morgan fingerprint density at radius 2 is 2.05 bits per heavy atom. The van der Waals surface area contributed by atoms with Crippen molar-refractivity contribution in [2.75, 3.05) is 24.6 Å². The first-order valence-electron chi connectivity index (χ1n) is 6.95. The molecule has 0 radical (unpaired) electrons. The second-order valence-corrected chi connectivity index (χ2v) is 5.99. The molecule has 0 bridgehead atoms. The highest BCUT2D eigenvalue weighted by Gasteiger charge is 2.14. The maximum atomic E-state index is 6.06. The summed E-state index contributed by atoms with van der Waals surface area (Å²) < 4.78 is 5.49. The Morgan fingerprint density at radius 3 is 2.81 bits per heavy atom. The van der Waals surface area contributed by atoms with Gasteiger partial charge in [0.1, 0.15) is 5.69 Å². The highest BCUT2D eigenvalue weighted by molar-refractivity contribution is 7.99. The smallest absolute Gasteiger partial charge is 0.191 e. The van der Waals surface area contributed by atoms with Crippen molar-refractivity contribution in [2.24, 2.45) is 10.7 Å². The lowest BCUT2D eigenvalue weighted by Crippen LogP contribution is -2.42. The van der Waals surface area contributed by atoms with E-state index in [0.717, 1.165) is 41.6 Å². The molecule has 1 aliphatic rings. The Bertz CT molecular complexity index is 605. The molecule has 0 saturated carbocycles. The molecule has 2 N–H and O–H groups in total. The van der Waals surface area contributed by atoms with Crippen LogP contribution in [0, 0.1) is 0 Å². The molecule has 2 aromatic rings. The summed E-state index contributed by atoms with van der Waals surface area (Å²) in [5.74, 6) is 3.57.